The van der Waals surface area contributed by atoms with Crippen molar-refractivity contribution in [2.75, 3.05) is 26.2 Å². The van der Waals surface area contributed by atoms with Crippen LogP contribution in [0.2, 0.25) is 0 Å². The van der Waals surface area contributed by atoms with Crippen LogP contribution in [0.3, 0.4) is 0 Å². The van der Waals surface area contributed by atoms with E-state index in [0.717, 1.165) is 54.8 Å². The average Bonchev–Trinajstić information content (AvgIpc) is 3.62. The number of Topliss-reactive ketones (excluding diaryl/α,β-unsaturated/α-hetero) is 1. The maximum Gasteiger partial charge on any atom is 0.349 e. The lowest BCUT2D eigenvalue weighted by atomic mass is 9.82. The first-order valence-corrected chi connectivity index (χ1v) is 14.1. The SMILES string of the molecule is O=C(CCC[N+]12CCC(CC1)C(OC(=O)C(O)(c1cccs1)c1cccs1)C2)c1cccs1. The molecule has 5 nitrogen and oxygen atoms in total. The van der Waals surface area contributed by atoms with Gasteiger partial charge in [0.25, 0.3) is 0 Å². The van der Waals surface area contributed by atoms with Gasteiger partial charge < -0.3 is 14.3 Å². The number of nitrogens with zero attached hydrogens (tertiary/aromatic N) is 1. The Morgan fingerprint density at radius 2 is 1.64 bits per heavy atom. The van der Waals surface area contributed by atoms with Gasteiger partial charge in [0.2, 0.25) is 5.60 Å². The first-order chi connectivity index (χ1) is 16.0. The van der Waals surface area contributed by atoms with Crippen LogP contribution in [0.4, 0.5) is 0 Å². The number of carbonyl (C=O) groups excluding carboxylic acids is 2. The van der Waals surface area contributed by atoms with Gasteiger partial charge in [0.05, 0.1) is 34.3 Å². The van der Waals surface area contributed by atoms with Crippen molar-refractivity contribution in [2.24, 2.45) is 5.92 Å². The normalized spacial score (nSPS) is 24.6. The molecule has 0 aliphatic carbocycles. The highest BCUT2D eigenvalue weighted by molar-refractivity contribution is 7.12. The van der Waals surface area contributed by atoms with Crippen LogP contribution in [-0.2, 0) is 15.1 Å². The summed E-state index contributed by atoms with van der Waals surface area (Å²) in [6, 6.07) is 11.1. The molecule has 3 aliphatic heterocycles. The summed E-state index contributed by atoms with van der Waals surface area (Å²) in [6.07, 6.45) is 3.25. The zero-order valence-electron chi connectivity index (χ0n) is 18.4. The van der Waals surface area contributed by atoms with Crippen LogP contribution in [0.15, 0.2) is 52.5 Å². The molecule has 174 valence electrons. The van der Waals surface area contributed by atoms with Gasteiger partial charge in [-0.1, -0.05) is 18.2 Å². The zero-order valence-corrected chi connectivity index (χ0v) is 20.8. The number of ketones is 1. The van der Waals surface area contributed by atoms with Gasteiger partial charge in [-0.05, 0) is 34.3 Å². The molecule has 3 saturated heterocycles. The third kappa shape index (κ3) is 4.47. The molecule has 8 heteroatoms. The van der Waals surface area contributed by atoms with Crippen molar-refractivity contribution in [3.05, 3.63) is 67.2 Å². The predicted octanol–water partition coefficient (Wildman–Crippen LogP) is 4.92. The minimum Gasteiger partial charge on any atom is -0.453 e. The monoisotopic (exact) mass is 502 g/mol. The molecular formula is C25H28NO4S3+. The fourth-order valence-corrected chi connectivity index (χ4v) is 7.73. The zero-order chi connectivity index (χ0) is 22.9. The number of carbonyl (C=O) groups is 2. The van der Waals surface area contributed by atoms with Gasteiger partial charge in [-0.2, -0.15) is 0 Å². The van der Waals surface area contributed by atoms with E-state index in [1.165, 1.54) is 34.0 Å². The van der Waals surface area contributed by atoms with Crippen LogP contribution in [0.1, 0.15) is 45.1 Å². The summed E-state index contributed by atoms with van der Waals surface area (Å²) < 4.78 is 7.00. The number of hydrogen-bond donors (Lipinski definition) is 1. The van der Waals surface area contributed by atoms with E-state index in [1.807, 2.05) is 40.4 Å². The smallest absolute Gasteiger partial charge is 0.349 e. The number of aliphatic hydroxyl groups is 1. The van der Waals surface area contributed by atoms with Gasteiger partial charge in [-0.3, -0.25) is 4.79 Å². The highest BCUT2D eigenvalue weighted by atomic mass is 32.1. The van der Waals surface area contributed by atoms with E-state index in [-0.39, 0.29) is 11.9 Å². The van der Waals surface area contributed by atoms with Crippen molar-refractivity contribution in [3.63, 3.8) is 0 Å². The molecule has 3 fully saturated rings. The number of ether oxygens (including phenoxy) is 1. The molecule has 3 aromatic heterocycles. The van der Waals surface area contributed by atoms with E-state index >= 15 is 0 Å². The van der Waals surface area contributed by atoms with E-state index < -0.39 is 11.6 Å². The van der Waals surface area contributed by atoms with E-state index in [4.69, 9.17) is 4.74 Å². The predicted molar refractivity (Wildman–Crippen MR) is 132 cm³/mol. The average molecular weight is 503 g/mol. The largest absolute Gasteiger partial charge is 0.453 e. The van der Waals surface area contributed by atoms with Crippen LogP contribution in [-0.4, -0.2) is 53.6 Å². The van der Waals surface area contributed by atoms with E-state index in [2.05, 4.69) is 0 Å². The summed E-state index contributed by atoms with van der Waals surface area (Å²) >= 11 is 4.24. The fourth-order valence-electron chi connectivity index (χ4n) is 5.32. The third-order valence-corrected chi connectivity index (χ3v) is 10.1. The molecule has 0 radical (unpaired) electrons. The summed E-state index contributed by atoms with van der Waals surface area (Å²) in [5.74, 6) is -0.00942. The standard InChI is InChI=1S/C25H28NO4S3/c27-19(21-6-2-14-31-21)5-1-11-26-12-9-18(10-13-26)20(17-26)30-24(28)25(29,22-7-3-15-32-22)23-8-4-16-33-23/h2-4,6-8,14-16,18,20,29H,1,5,9-13,17H2/q+1. The molecule has 3 aromatic rings. The maximum atomic E-state index is 13.4. The molecule has 1 atom stereocenters. The Balaban J connectivity index is 1.26. The van der Waals surface area contributed by atoms with Crippen molar-refractivity contribution in [1.82, 2.24) is 0 Å². The molecule has 3 aliphatic rings. The Morgan fingerprint density at radius 3 is 2.21 bits per heavy atom. The number of quaternary nitrogens is 1. The molecule has 2 bridgehead atoms. The minimum atomic E-state index is -1.76. The molecule has 6 heterocycles. The molecule has 0 saturated carbocycles. The van der Waals surface area contributed by atoms with Gasteiger partial charge >= 0.3 is 5.97 Å². The lowest BCUT2D eigenvalue weighted by molar-refractivity contribution is -0.946. The molecule has 0 aromatic carbocycles. The van der Waals surface area contributed by atoms with E-state index in [9.17, 15) is 14.7 Å². The summed E-state index contributed by atoms with van der Waals surface area (Å²) in [6.45, 7) is 3.85. The summed E-state index contributed by atoms with van der Waals surface area (Å²) in [7, 11) is 0. The second-order valence-corrected chi connectivity index (χ2v) is 12.0. The first kappa shape index (κ1) is 22.9. The molecule has 6 rings (SSSR count). The Morgan fingerprint density at radius 1 is 1.00 bits per heavy atom. The van der Waals surface area contributed by atoms with Gasteiger partial charge in [0, 0.05) is 31.6 Å². The number of piperidine rings is 3. The van der Waals surface area contributed by atoms with Crippen molar-refractivity contribution in [1.29, 1.82) is 0 Å². The lowest BCUT2D eigenvalue weighted by Crippen LogP contribution is -2.65. The second-order valence-electron chi connectivity index (χ2n) is 9.15. The number of esters is 1. The highest BCUT2D eigenvalue weighted by Gasteiger charge is 2.51. The van der Waals surface area contributed by atoms with Crippen LogP contribution in [0.5, 0.6) is 0 Å². The Bertz CT molecular complexity index is 1030. The Kier molecular flexibility index (Phi) is 6.55. The van der Waals surface area contributed by atoms with Crippen LogP contribution >= 0.6 is 34.0 Å². The molecule has 1 unspecified atom stereocenters. The van der Waals surface area contributed by atoms with Gasteiger partial charge in [-0.25, -0.2) is 4.79 Å². The number of thiophene rings is 3. The molecule has 1 N–H and O–H groups in total. The number of rotatable bonds is 9. The van der Waals surface area contributed by atoms with Crippen LogP contribution in [0, 0.1) is 5.92 Å². The van der Waals surface area contributed by atoms with Crippen LogP contribution in [0.25, 0.3) is 0 Å². The lowest BCUT2D eigenvalue weighted by Gasteiger charge is -2.52. The topological polar surface area (TPSA) is 63.6 Å². The molecule has 0 amide bonds. The van der Waals surface area contributed by atoms with Crippen molar-refractivity contribution >= 4 is 45.8 Å². The Labute approximate surface area is 205 Å². The molecule has 33 heavy (non-hydrogen) atoms. The summed E-state index contributed by atoms with van der Waals surface area (Å²) in [4.78, 5) is 27.9. The van der Waals surface area contributed by atoms with Gasteiger partial charge in [0.15, 0.2) is 11.9 Å². The first-order valence-electron chi connectivity index (χ1n) is 11.4. The van der Waals surface area contributed by atoms with Crippen molar-refractivity contribution in [3.8, 4) is 0 Å². The van der Waals surface area contributed by atoms with E-state index in [1.54, 1.807) is 12.1 Å². The summed E-state index contributed by atoms with van der Waals surface area (Å²) in [5.41, 5.74) is -1.76. The van der Waals surface area contributed by atoms with Gasteiger partial charge in [-0.15, -0.1) is 34.0 Å². The van der Waals surface area contributed by atoms with E-state index in [0.29, 0.717) is 22.1 Å². The minimum absolute atomic E-state index is 0.195. The quantitative estimate of drug-likeness (QED) is 0.256. The van der Waals surface area contributed by atoms with Crippen LogP contribution < -0.4 is 0 Å². The van der Waals surface area contributed by atoms with Gasteiger partial charge in [0.1, 0.15) is 6.54 Å². The number of hydrogen-bond acceptors (Lipinski definition) is 7. The molecule has 0 spiro atoms. The highest BCUT2D eigenvalue weighted by Crippen LogP contribution is 2.40. The second kappa shape index (κ2) is 9.43. The maximum absolute atomic E-state index is 13.4. The fraction of sp³-hybridized carbons (Fsp3) is 0.440. The van der Waals surface area contributed by atoms with Crippen molar-refractivity contribution in [2.45, 2.75) is 37.4 Å². The third-order valence-electron chi connectivity index (χ3n) is 7.18. The number of fused-ring (bicyclic) bond motifs is 3. The Hall–Kier alpha value is -1.84. The summed E-state index contributed by atoms with van der Waals surface area (Å²) in [5, 5.41) is 17.2. The van der Waals surface area contributed by atoms with Crippen molar-refractivity contribution < 1.29 is 23.9 Å². The molecular weight excluding hydrogens is 474 g/mol.